The second-order valence-corrected chi connectivity index (χ2v) is 8.75. The lowest BCUT2D eigenvalue weighted by Crippen LogP contribution is -2.04. The van der Waals surface area contributed by atoms with E-state index >= 15 is 0 Å². The fourth-order valence-corrected chi connectivity index (χ4v) is 4.61. The first kappa shape index (κ1) is 18.7. The van der Waals surface area contributed by atoms with Crippen molar-refractivity contribution in [3.05, 3.63) is 38.7 Å². The highest BCUT2D eigenvalue weighted by molar-refractivity contribution is 7.92. The second kappa shape index (κ2) is 7.11. The van der Waals surface area contributed by atoms with Gasteiger partial charge in [0.05, 0.1) is 22.2 Å². The third-order valence-corrected chi connectivity index (χ3v) is 6.73. The molecule has 0 amide bonds. The molecular weight excluding hydrogens is 393 g/mol. The van der Waals surface area contributed by atoms with Gasteiger partial charge in [0.15, 0.2) is 9.84 Å². The summed E-state index contributed by atoms with van der Waals surface area (Å²) in [5.41, 5.74) is 0.485. The number of hydrogen-bond acceptors (Lipinski definition) is 6. The molecule has 0 aliphatic carbocycles. The molecule has 0 aliphatic rings. The number of benzene rings is 1. The van der Waals surface area contributed by atoms with Crippen molar-refractivity contribution >= 4 is 50.3 Å². The SMILES string of the molecule is CCOC(=O)c1sc(S(C)(=O)=O)c(C#N)c1-c1ccc(Cl)c(Cl)c1. The van der Waals surface area contributed by atoms with Gasteiger partial charge in [-0.25, -0.2) is 13.2 Å². The molecule has 0 unspecified atom stereocenters. The molecule has 0 aliphatic heterocycles. The van der Waals surface area contributed by atoms with Crippen LogP contribution in [0, 0.1) is 11.3 Å². The van der Waals surface area contributed by atoms with E-state index in [0.717, 1.165) is 6.26 Å². The Kier molecular flexibility index (Phi) is 5.56. The highest BCUT2D eigenvalue weighted by Crippen LogP contribution is 2.41. The zero-order valence-electron chi connectivity index (χ0n) is 12.6. The largest absolute Gasteiger partial charge is 0.462 e. The van der Waals surface area contributed by atoms with Crippen LogP contribution < -0.4 is 0 Å². The fraction of sp³-hybridized carbons (Fsp3) is 0.200. The van der Waals surface area contributed by atoms with E-state index in [4.69, 9.17) is 27.9 Å². The highest BCUT2D eigenvalue weighted by Gasteiger charge is 2.29. The summed E-state index contributed by atoms with van der Waals surface area (Å²) < 4.78 is 28.7. The predicted octanol–water partition coefficient (Wildman–Crippen LogP) is 4.17. The van der Waals surface area contributed by atoms with E-state index in [1.54, 1.807) is 13.0 Å². The van der Waals surface area contributed by atoms with Gasteiger partial charge in [-0.3, -0.25) is 0 Å². The molecule has 24 heavy (non-hydrogen) atoms. The summed E-state index contributed by atoms with van der Waals surface area (Å²) >= 11 is 12.6. The van der Waals surface area contributed by atoms with E-state index in [1.165, 1.54) is 12.1 Å². The minimum Gasteiger partial charge on any atom is -0.462 e. The molecule has 0 fully saturated rings. The van der Waals surface area contributed by atoms with Crippen LogP contribution in [-0.2, 0) is 14.6 Å². The maximum atomic E-state index is 12.2. The van der Waals surface area contributed by atoms with Crippen LogP contribution in [0.5, 0.6) is 0 Å². The first-order chi connectivity index (χ1) is 11.2. The number of esters is 1. The molecule has 0 radical (unpaired) electrons. The molecule has 0 saturated heterocycles. The number of carbonyl (C=O) groups is 1. The van der Waals surface area contributed by atoms with Gasteiger partial charge in [0.2, 0.25) is 0 Å². The molecule has 0 spiro atoms. The molecular formula is C15H11Cl2NO4S2. The summed E-state index contributed by atoms with van der Waals surface area (Å²) in [6.45, 7) is 1.75. The molecule has 0 bridgehead atoms. The van der Waals surface area contributed by atoms with Gasteiger partial charge in [0.25, 0.3) is 0 Å². The predicted molar refractivity (Wildman–Crippen MR) is 93.6 cm³/mol. The molecule has 0 atom stereocenters. The van der Waals surface area contributed by atoms with E-state index in [0.29, 0.717) is 21.9 Å². The van der Waals surface area contributed by atoms with E-state index in [9.17, 15) is 18.5 Å². The molecule has 5 nitrogen and oxygen atoms in total. The molecule has 9 heteroatoms. The Morgan fingerprint density at radius 3 is 2.50 bits per heavy atom. The Labute approximate surface area is 153 Å². The van der Waals surface area contributed by atoms with E-state index in [1.807, 2.05) is 6.07 Å². The van der Waals surface area contributed by atoms with E-state index in [2.05, 4.69) is 0 Å². The lowest BCUT2D eigenvalue weighted by Gasteiger charge is -2.06. The minimum absolute atomic E-state index is 0.0345. The normalized spacial score (nSPS) is 11.1. The van der Waals surface area contributed by atoms with Crippen molar-refractivity contribution in [2.75, 3.05) is 12.9 Å². The third-order valence-electron chi connectivity index (χ3n) is 2.99. The molecule has 2 rings (SSSR count). The van der Waals surface area contributed by atoms with Crippen molar-refractivity contribution in [1.82, 2.24) is 0 Å². The first-order valence-corrected chi connectivity index (χ1v) is 10.1. The number of halogens is 2. The molecule has 1 aromatic heterocycles. The van der Waals surface area contributed by atoms with Crippen LogP contribution in [0.2, 0.25) is 10.0 Å². The number of rotatable bonds is 4. The van der Waals surface area contributed by atoms with Crippen LogP contribution in [0.4, 0.5) is 0 Å². The summed E-state index contributed by atoms with van der Waals surface area (Å²) in [6.07, 6.45) is 0.979. The van der Waals surface area contributed by atoms with Gasteiger partial charge in [0, 0.05) is 11.8 Å². The van der Waals surface area contributed by atoms with Crippen LogP contribution in [0.3, 0.4) is 0 Å². The monoisotopic (exact) mass is 403 g/mol. The molecule has 1 aromatic carbocycles. The van der Waals surface area contributed by atoms with Crippen LogP contribution in [0.25, 0.3) is 11.1 Å². The molecule has 0 saturated carbocycles. The van der Waals surface area contributed by atoms with Crippen LogP contribution in [-0.4, -0.2) is 27.2 Å². The standard InChI is InChI=1S/C15H11Cl2NO4S2/c1-3-22-14(19)13-12(8-4-5-10(16)11(17)6-8)9(7-18)15(23-13)24(2,20)21/h4-6H,3H2,1-2H3. The number of sulfone groups is 1. The van der Waals surface area contributed by atoms with E-state index in [-0.39, 0.29) is 31.8 Å². The number of nitrogens with zero attached hydrogens (tertiary/aromatic N) is 1. The maximum absolute atomic E-state index is 12.2. The topological polar surface area (TPSA) is 84.2 Å². The molecule has 126 valence electrons. The van der Waals surface area contributed by atoms with Gasteiger partial charge in [0.1, 0.15) is 15.2 Å². The Morgan fingerprint density at radius 1 is 1.33 bits per heavy atom. The average molecular weight is 404 g/mol. The summed E-state index contributed by atoms with van der Waals surface area (Å²) in [5, 5.41) is 9.98. The number of nitriles is 1. The lowest BCUT2D eigenvalue weighted by atomic mass is 10.0. The van der Waals surface area contributed by atoms with Crippen molar-refractivity contribution in [2.24, 2.45) is 0 Å². The number of hydrogen-bond donors (Lipinski definition) is 0. The smallest absolute Gasteiger partial charge is 0.349 e. The van der Waals surface area contributed by atoms with Crippen molar-refractivity contribution in [1.29, 1.82) is 5.26 Å². The first-order valence-electron chi connectivity index (χ1n) is 6.60. The average Bonchev–Trinajstić information content (AvgIpc) is 2.90. The Bertz CT molecular complexity index is 959. The summed E-state index contributed by atoms with van der Waals surface area (Å²) in [5.74, 6) is -0.699. The van der Waals surface area contributed by atoms with Gasteiger partial charge < -0.3 is 4.74 Å². The zero-order valence-corrected chi connectivity index (χ0v) is 15.7. The van der Waals surface area contributed by atoms with Crippen molar-refractivity contribution in [3.63, 3.8) is 0 Å². The lowest BCUT2D eigenvalue weighted by molar-refractivity contribution is 0.0533. The van der Waals surface area contributed by atoms with Gasteiger partial charge >= 0.3 is 5.97 Å². The van der Waals surface area contributed by atoms with Crippen molar-refractivity contribution < 1.29 is 17.9 Å². The number of ether oxygens (including phenoxy) is 1. The van der Waals surface area contributed by atoms with Crippen LogP contribution in [0.15, 0.2) is 22.4 Å². The fourth-order valence-electron chi connectivity index (χ4n) is 2.04. The third kappa shape index (κ3) is 3.57. The minimum atomic E-state index is -3.69. The maximum Gasteiger partial charge on any atom is 0.349 e. The van der Waals surface area contributed by atoms with Crippen molar-refractivity contribution in [2.45, 2.75) is 11.1 Å². The molecule has 1 heterocycles. The van der Waals surface area contributed by atoms with Crippen LogP contribution in [0.1, 0.15) is 22.2 Å². The highest BCUT2D eigenvalue weighted by atomic mass is 35.5. The Balaban J connectivity index is 2.85. The zero-order chi connectivity index (χ0) is 18.1. The number of thiophene rings is 1. The second-order valence-electron chi connectivity index (χ2n) is 4.70. The quantitative estimate of drug-likeness (QED) is 0.714. The summed E-state index contributed by atoms with van der Waals surface area (Å²) in [6, 6.07) is 6.41. The number of carbonyl (C=O) groups excluding carboxylic acids is 1. The Morgan fingerprint density at radius 2 is 2.00 bits per heavy atom. The summed E-state index contributed by atoms with van der Waals surface area (Å²) in [7, 11) is -3.69. The van der Waals surface area contributed by atoms with E-state index < -0.39 is 15.8 Å². The van der Waals surface area contributed by atoms with Gasteiger partial charge in [-0.2, -0.15) is 5.26 Å². The summed E-state index contributed by atoms with van der Waals surface area (Å²) in [4.78, 5) is 12.3. The molecule has 2 aromatic rings. The van der Waals surface area contributed by atoms with Gasteiger partial charge in [-0.1, -0.05) is 29.3 Å². The molecule has 0 N–H and O–H groups in total. The Hall–Kier alpha value is -1.59. The van der Waals surface area contributed by atoms with Crippen molar-refractivity contribution in [3.8, 4) is 17.2 Å². The van der Waals surface area contributed by atoms with Crippen LogP contribution >= 0.6 is 34.5 Å². The van der Waals surface area contributed by atoms with Gasteiger partial charge in [-0.15, -0.1) is 11.3 Å². The van der Waals surface area contributed by atoms with Gasteiger partial charge in [-0.05, 0) is 24.6 Å².